The van der Waals surface area contributed by atoms with Gasteiger partial charge in [0.15, 0.2) is 5.11 Å². The molecule has 1 aliphatic rings. The van der Waals surface area contributed by atoms with E-state index in [0.29, 0.717) is 10.1 Å². The molecule has 0 saturated carbocycles. The maximum atomic E-state index is 6.14. The molecule has 2 rings (SSSR count). The van der Waals surface area contributed by atoms with E-state index in [1.54, 1.807) is 5.57 Å². The van der Waals surface area contributed by atoms with E-state index >= 15 is 0 Å². The van der Waals surface area contributed by atoms with Crippen molar-refractivity contribution >= 4 is 50.5 Å². The van der Waals surface area contributed by atoms with Gasteiger partial charge in [-0.15, -0.1) is 0 Å². The average Bonchev–Trinajstić information content (AvgIpc) is 2.43. The fourth-order valence-electron chi connectivity index (χ4n) is 2.23. The number of allylic oxidation sites excluding steroid dienone is 1. The summed E-state index contributed by atoms with van der Waals surface area (Å²) in [6, 6.07) is 5.69. The van der Waals surface area contributed by atoms with Crippen LogP contribution in [0.15, 0.2) is 34.3 Å². The second kappa shape index (κ2) is 8.01. The molecule has 0 atom stereocenters. The van der Waals surface area contributed by atoms with Crippen molar-refractivity contribution in [3.63, 3.8) is 0 Å². The van der Waals surface area contributed by atoms with Gasteiger partial charge in [-0.1, -0.05) is 39.2 Å². The zero-order valence-electron chi connectivity index (χ0n) is 11.2. The Bertz CT molecular complexity index is 517. The van der Waals surface area contributed by atoms with Crippen LogP contribution < -0.4 is 10.6 Å². The molecule has 5 heteroatoms. The Balaban J connectivity index is 1.76. The summed E-state index contributed by atoms with van der Waals surface area (Å²) in [4.78, 5) is 0. The van der Waals surface area contributed by atoms with Crippen LogP contribution in [0.5, 0.6) is 0 Å². The SMILES string of the molecule is S=C(NCCC1=CCCCC1)Nc1ccc(Br)cc1Cl. The number of halogens is 2. The lowest BCUT2D eigenvalue weighted by Gasteiger charge is -2.15. The molecular formula is C15H18BrClN2S. The highest BCUT2D eigenvalue weighted by molar-refractivity contribution is 9.10. The molecular weight excluding hydrogens is 356 g/mol. The summed E-state index contributed by atoms with van der Waals surface area (Å²) in [5.41, 5.74) is 2.37. The maximum Gasteiger partial charge on any atom is 0.170 e. The molecule has 2 N–H and O–H groups in total. The summed E-state index contributed by atoms with van der Waals surface area (Å²) in [6.07, 6.45) is 8.55. The van der Waals surface area contributed by atoms with Crippen LogP contribution in [0.25, 0.3) is 0 Å². The van der Waals surface area contributed by atoms with Crippen molar-refractivity contribution < 1.29 is 0 Å². The quantitative estimate of drug-likeness (QED) is 0.554. The normalized spacial score (nSPS) is 14.6. The third-order valence-electron chi connectivity index (χ3n) is 3.30. The summed E-state index contributed by atoms with van der Waals surface area (Å²) >= 11 is 14.8. The van der Waals surface area contributed by atoms with Crippen molar-refractivity contribution in [1.29, 1.82) is 0 Å². The summed E-state index contributed by atoms with van der Waals surface area (Å²) < 4.78 is 0.955. The van der Waals surface area contributed by atoms with Crippen LogP contribution in [0.1, 0.15) is 32.1 Å². The van der Waals surface area contributed by atoms with Gasteiger partial charge in [-0.25, -0.2) is 0 Å². The molecule has 1 aliphatic carbocycles. The topological polar surface area (TPSA) is 24.1 Å². The van der Waals surface area contributed by atoms with Gasteiger partial charge in [-0.2, -0.15) is 0 Å². The van der Waals surface area contributed by atoms with E-state index in [0.717, 1.165) is 23.1 Å². The maximum absolute atomic E-state index is 6.14. The Morgan fingerprint density at radius 1 is 1.35 bits per heavy atom. The first-order chi connectivity index (χ1) is 9.65. The minimum Gasteiger partial charge on any atom is -0.362 e. The van der Waals surface area contributed by atoms with Gasteiger partial charge in [-0.05, 0) is 62.5 Å². The monoisotopic (exact) mass is 372 g/mol. The van der Waals surface area contributed by atoms with Gasteiger partial charge in [0.2, 0.25) is 0 Å². The largest absolute Gasteiger partial charge is 0.362 e. The first-order valence-corrected chi connectivity index (χ1v) is 8.41. The summed E-state index contributed by atoms with van der Waals surface area (Å²) in [7, 11) is 0. The molecule has 0 saturated heterocycles. The van der Waals surface area contributed by atoms with Crippen LogP contribution >= 0.6 is 39.7 Å². The van der Waals surface area contributed by atoms with Crippen molar-refractivity contribution in [2.45, 2.75) is 32.1 Å². The minimum atomic E-state index is 0.616. The molecule has 1 aromatic carbocycles. The van der Waals surface area contributed by atoms with Gasteiger partial charge in [0, 0.05) is 11.0 Å². The van der Waals surface area contributed by atoms with E-state index in [9.17, 15) is 0 Å². The fourth-order valence-corrected chi connectivity index (χ4v) is 3.16. The predicted molar refractivity (Wildman–Crippen MR) is 94.5 cm³/mol. The van der Waals surface area contributed by atoms with Crippen molar-refractivity contribution in [3.8, 4) is 0 Å². The zero-order valence-corrected chi connectivity index (χ0v) is 14.4. The van der Waals surface area contributed by atoms with Crippen LogP contribution in [-0.4, -0.2) is 11.7 Å². The molecule has 0 radical (unpaired) electrons. The number of hydrogen-bond acceptors (Lipinski definition) is 1. The molecule has 20 heavy (non-hydrogen) atoms. The van der Waals surface area contributed by atoms with Crippen molar-refractivity contribution in [2.24, 2.45) is 0 Å². The summed E-state index contributed by atoms with van der Waals surface area (Å²) in [5, 5.41) is 7.62. The summed E-state index contributed by atoms with van der Waals surface area (Å²) in [5.74, 6) is 0. The highest BCUT2D eigenvalue weighted by Crippen LogP contribution is 2.25. The molecule has 0 aromatic heterocycles. The Morgan fingerprint density at radius 2 is 2.20 bits per heavy atom. The van der Waals surface area contributed by atoms with Crippen LogP contribution in [0.2, 0.25) is 5.02 Å². The molecule has 2 nitrogen and oxygen atoms in total. The van der Waals surface area contributed by atoms with Gasteiger partial charge in [0.1, 0.15) is 0 Å². The van der Waals surface area contributed by atoms with Crippen LogP contribution in [0, 0.1) is 0 Å². The first kappa shape index (κ1) is 15.8. The van der Waals surface area contributed by atoms with E-state index < -0.39 is 0 Å². The number of thiocarbonyl (C=S) groups is 1. The molecule has 0 heterocycles. The fraction of sp³-hybridized carbons (Fsp3) is 0.400. The lowest BCUT2D eigenvalue weighted by Crippen LogP contribution is -2.29. The average molecular weight is 374 g/mol. The summed E-state index contributed by atoms with van der Waals surface area (Å²) in [6.45, 7) is 0.867. The van der Waals surface area contributed by atoms with Crippen molar-refractivity contribution in [2.75, 3.05) is 11.9 Å². The first-order valence-electron chi connectivity index (χ1n) is 6.83. The van der Waals surface area contributed by atoms with Gasteiger partial charge in [-0.3, -0.25) is 0 Å². The molecule has 0 spiro atoms. The third-order valence-corrected chi connectivity index (χ3v) is 4.35. The second-order valence-corrected chi connectivity index (χ2v) is 6.59. The minimum absolute atomic E-state index is 0.616. The van der Waals surface area contributed by atoms with Gasteiger partial charge in [0.25, 0.3) is 0 Å². The molecule has 0 amide bonds. The highest BCUT2D eigenvalue weighted by Gasteiger charge is 2.05. The molecule has 108 valence electrons. The van der Waals surface area contributed by atoms with Gasteiger partial charge < -0.3 is 10.6 Å². The van der Waals surface area contributed by atoms with E-state index in [1.165, 1.54) is 25.7 Å². The van der Waals surface area contributed by atoms with Gasteiger partial charge in [0.05, 0.1) is 10.7 Å². The lowest BCUT2D eigenvalue weighted by atomic mass is 9.97. The Hall–Kier alpha value is -0.580. The van der Waals surface area contributed by atoms with Crippen LogP contribution in [0.3, 0.4) is 0 Å². The van der Waals surface area contributed by atoms with E-state index in [1.807, 2.05) is 18.2 Å². The molecule has 0 unspecified atom stereocenters. The van der Waals surface area contributed by atoms with E-state index in [4.69, 9.17) is 23.8 Å². The van der Waals surface area contributed by atoms with Crippen LogP contribution in [-0.2, 0) is 0 Å². The number of anilines is 1. The second-order valence-electron chi connectivity index (χ2n) is 4.86. The van der Waals surface area contributed by atoms with Crippen molar-refractivity contribution in [3.05, 3.63) is 39.3 Å². The smallest absolute Gasteiger partial charge is 0.170 e. The lowest BCUT2D eigenvalue weighted by molar-refractivity contribution is 0.669. The number of rotatable bonds is 4. The Labute approximate surface area is 139 Å². The number of nitrogens with one attached hydrogen (secondary N) is 2. The molecule has 0 aliphatic heterocycles. The predicted octanol–water partition coefficient (Wildman–Crippen LogP) is 5.28. The third kappa shape index (κ3) is 5.08. The standard InChI is InChI=1S/C15H18BrClN2S/c16-12-6-7-14(13(17)10-12)19-15(20)18-9-8-11-4-2-1-3-5-11/h4,6-7,10H,1-3,5,8-9H2,(H2,18,19,20). The highest BCUT2D eigenvalue weighted by atomic mass is 79.9. The van der Waals surface area contributed by atoms with E-state index in [2.05, 4.69) is 32.6 Å². The zero-order chi connectivity index (χ0) is 14.4. The van der Waals surface area contributed by atoms with Crippen molar-refractivity contribution in [1.82, 2.24) is 5.32 Å². The number of benzene rings is 1. The number of hydrogen-bond donors (Lipinski definition) is 2. The van der Waals surface area contributed by atoms with Gasteiger partial charge >= 0.3 is 0 Å². The Morgan fingerprint density at radius 3 is 2.90 bits per heavy atom. The molecule has 0 bridgehead atoms. The molecule has 0 fully saturated rings. The molecule has 1 aromatic rings. The van der Waals surface area contributed by atoms with E-state index in [-0.39, 0.29) is 0 Å². The Kier molecular flexibility index (Phi) is 6.33. The van der Waals surface area contributed by atoms with Crippen LogP contribution in [0.4, 0.5) is 5.69 Å².